The number of rotatable bonds is 6. The highest BCUT2D eigenvalue weighted by Crippen LogP contribution is 2.28. The molecule has 1 saturated carbocycles. The van der Waals surface area contributed by atoms with Gasteiger partial charge in [0.05, 0.1) is 11.2 Å². The third-order valence-corrected chi connectivity index (χ3v) is 3.43. The fourth-order valence-electron chi connectivity index (χ4n) is 1.75. The number of hydrogen-bond acceptors (Lipinski definition) is 4. The van der Waals surface area contributed by atoms with Crippen LogP contribution < -0.4 is 10.6 Å². The van der Waals surface area contributed by atoms with Crippen molar-refractivity contribution in [1.29, 1.82) is 0 Å². The maximum Gasteiger partial charge on any atom is 0.271 e. The van der Waals surface area contributed by atoms with Gasteiger partial charge in [-0.05, 0) is 12.8 Å². The highest BCUT2D eigenvalue weighted by atomic mass is 35.5. The quantitative estimate of drug-likeness (QED) is 0.780. The second-order valence-corrected chi connectivity index (χ2v) is 5.81. The van der Waals surface area contributed by atoms with Gasteiger partial charge in [0, 0.05) is 24.9 Å². The molecule has 0 spiro atoms. The van der Waals surface area contributed by atoms with Crippen LogP contribution in [0.3, 0.4) is 0 Å². The van der Waals surface area contributed by atoms with Gasteiger partial charge in [0.15, 0.2) is 0 Å². The van der Waals surface area contributed by atoms with Crippen LogP contribution in [0.5, 0.6) is 0 Å². The average Bonchev–Trinajstić information content (AvgIpc) is 3.27. The molecule has 1 aromatic heterocycles. The summed E-state index contributed by atoms with van der Waals surface area (Å²) in [6, 6.07) is 0. The lowest BCUT2D eigenvalue weighted by molar-refractivity contribution is -0.122. The number of carbonyl (C=O) groups excluding carboxylic acids is 2. The van der Waals surface area contributed by atoms with Crippen LogP contribution in [0.15, 0.2) is 6.20 Å². The number of nitrogens with one attached hydrogen (secondary N) is 2. The summed E-state index contributed by atoms with van der Waals surface area (Å²) in [4.78, 5) is 31.7. The van der Waals surface area contributed by atoms with Gasteiger partial charge in [-0.2, -0.15) is 0 Å². The van der Waals surface area contributed by atoms with E-state index in [4.69, 9.17) is 11.6 Å². The smallest absolute Gasteiger partial charge is 0.271 e. The van der Waals surface area contributed by atoms with E-state index in [1.165, 1.54) is 6.20 Å². The largest absolute Gasteiger partial charge is 0.354 e. The molecule has 0 aliphatic heterocycles. The second-order valence-electron chi connectivity index (χ2n) is 5.40. The van der Waals surface area contributed by atoms with Gasteiger partial charge < -0.3 is 10.6 Å². The number of hydrogen-bond donors (Lipinski definition) is 2. The normalized spacial score (nSPS) is 14.1. The van der Waals surface area contributed by atoms with Crippen LogP contribution in [0, 0.1) is 5.92 Å². The summed E-state index contributed by atoms with van der Waals surface area (Å²) in [6.45, 7) is 4.63. The van der Waals surface area contributed by atoms with Crippen molar-refractivity contribution in [2.45, 2.75) is 32.6 Å². The molecular weight excluding hydrogens is 292 g/mol. The molecule has 2 amide bonds. The molecule has 1 aliphatic carbocycles. The Kier molecular flexibility index (Phi) is 5.12. The van der Waals surface area contributed by atoms with Crippen molar-refractivity contribution in [3.05, 3.63) is 22.7 Å². The lowest BCUT2D eigenvalue weighted by Gasteiger charge is -2.09. The molecule has 0 radical (unpaired) electrons. The Balaban J connectivity index is 1.84. The van der Waals surface area contributed by atoms with E-state index in [2.05, 4.69) is 20.6 Å². The van der Waals surface area contributed by atoms with E-state index in [1.807, 2.05) is 13.8 Å². The molecule has 1 aliphatic rings. The van der Waals surface area contributed by atoms with Crippen molar-refractivity contribution in [1.82, 2.24) is 20.6 Å². The van der Waals surface area contributed by atoms with Crippen molar-refractivity contribution in [3.63, 3.8) is 0 Å². The molecule has 7 heteroatoms. The summed E-state index contributed by atoms with van der Waals surface area (Å²) in [5.74, 6) is 0.570. The minimum atomic E-state index is -0.357. The SMILES string of the molecule is CC(C)c1ncc(Cl)c(C(=O)NCCNC(=O)C2CC2)n1. The van der Waals surface area contributed by atoms with Gasteiger partial charge in [-0.3, -0.25) is 9.59 Å². The highest BCUT2D eigenvalue weighted by molar-refractivity contribution is 6.33. The molecule has 0 saturated heterocycles. The Labute approximate surface area is 128 Å². The Hall–Kier alpha value is -1.69. The van der Waals surface area contributed by atoms with Crippen LogP contribution in [0.25, 0.3) is 0 Å². The Bertz CT molecular complexity index is 544. The Morgan fingerprint density at radius 2 is 2.00 bits per heavy atom. The van der Waals surface area contributed by atoms with Crippen LogP contribution in [-0.2, 0) is 4.79 Å². The lowest BCUT2D eigenvalue weighted by Crippen LogP contribution is -2.35. The summed E-state index contributed by atoms with van der Waals surface area (Å²) in [5, 5.41) is 5.69. The van der Waals surface area contributed by atoms with Crippen molar-refractivity contribution in [2.24, 2.45) is 5.92 Å². The number of nitrogens with zero attached hydrogens (tertiary/aromatic N) is 2. The average molecular weight is 311 g/mol. The first kappa shape index (κ1) is 15.7. The van der Waals surface area contributed by atoms with Crippen molar-refractivity contribution in [2.75, 3.05) is 13.1 Å². The topological polar surface area (TPSA) is 84.0 Å². The Morgan fingerprint density at radius 3 is 2.62 bits per heavy atom. The van der Waals surface area contributed by atoms with E-state index < -0.39 is 0 Å². The first-order valence-electron chi connectivity index (χ1n) is 7.07. The fourth-order valence-corrected chi connectivity index (χ4v) is 1.93. The molecule has 0 unspecified atom stereocenters. The highest BCUT2D eigenvalue weighted by Gasteiger charge is 2.29. The van der Waals surface area contributed by atoms with Crippen molar-refractivity contribution < 1.29 is 9.59 Å². The maximum absolute atomic E-state index is 12.0. The number of aromatic nitrogens is 2. The predicted octanol–water partition coefficient (Wildman–Crippen LogP) is 1.51. The molecule has 2 N–H and O–H groups in total. The molecule has 0 atom stereocenters. The fraction of sp³-hybridized carbons (Fsp3) is 0.571. The molecule has 0 aromatic carbocycles. The molecule has 1 aromatic rings. The number of halogens is 1. The molecular formula is C14H19ClN4O2. The van der Waals surface area contributed by atoms with E-state index in [9.17, 15) is 9.59 Å². The lowest BCUT2D eigenvalue weighted by atomic mass is 10.2. The third kappa shape index (κ3) is 4.39. The van der Waals surface area contributed by atoms with E-state index in [-0.39, 0.29) is 34.4 Å². The first-order valence-corrected chi connectivity index (χ1v) is 7.45. The van der Waals surface area contributed by atoms with Crippen LogP contribution in [0.2, 0.25) is 5.02 Å². The van der Waals surface area contributed by atoms with Gasteiger partial charge in [0.2, 0.25) is 5.91 Å². The molecule has 1 fully saturated rings. The zero-order valence-electron chi connectivity index (χ0n) is 12.1. The molecule has 2 rings (SSSR count). The van der Waals surface area contributed by atoms with Gasteiger partial charge in [-0.1, -0.05) is 25.4 Å². The third-order valence-electron chi connectivity index (χ3n) is 3.15. The van der Waals surface area contributed by atoms with Crippen LogP contribution in [-0.4, -0.2) is 34.9 Å². The summed E-state index contributed by atoms with van der Waals surface area (Å²) >= 11 is 5.95. The van der Waals surface area contributed by atoms with Crippen molar-refractivity contribution >= 4 is 23.4 Å². The summed E-state index contributed by atoms with van der Waals surface area (Å²) in [6.07, 6.45) is 3.37. The molecule has 0 bridgehead atoms. The Morgan fingerprint density at radius 1 is 1.33 bits per heavy atom. The minimum absolute atomic E-state index is 0.0615. The van der Waals surface area contributed by atoms with Gasteiger partial charge in [-0.25, -0.2) is 9.97 Å². The predicted molar refractivity (Wildman–Crippen MR) is 79.2 cm³/mol. The summed E-state index contributed by atoms with van der Waals surface area (Å²) in [5.41, 5.74) is 0.170. The van der Waals surface area contributed by atoms with Crippen molar-refractivity contribution in [3.8, 4) is 0 Å². The van der Waals surface area contributed by atoms with Gasteiger partial charge in [0.25, 0.3) is 5.91 Å². The van der Waals surface area contributed by atoms with E-state index >= 15 is 0 Å². The summed E-state index contributed by atoms with van der Waals surface area (Å²) in [7, 11) is 0. The molecule has 21 heavy (non-hydrogen) atoms. The number of carbonyl (C=O) groups is 2. The zero-order valence-corrected chi connectivity index (χ0v) is 12.9. The van der Waals surface area contributed by atoms with E-state index in [0.29, 0.717) is 18.9 Å². The van der Waals surface area contributed by atoms with Gasteiger partial charge >= 0.3 is 0 Å². The van der Waals surface area contributed by atoms with Gasteiger partial charge in [-0.15, -0.1) is 0 Å². The molecule has 1 heterocycles. The molecule has 6 nitrogen and oxygen atoms in total. The molecule has 114 valence electrons. The second kappa shape index (κ2) is 6.85. The van der Waals surface area contributed by atoms with E-state index in [1.54, 1.807) is 0 Å². The monoisotopic (exact) mass is 310 g/mol. The van der Waals surface area contributed by atoms with Crippen LogP contribution in [0.4, 0.5) is 0 Å². The maximum atomic E-state index is 12.0. The van der Waals surface area contributed by atoms with Crippen LogP contribution in [0.1, 0.15) is 48.9 Å². The number of amides is 2. The zero-order chi connectivity index (χ0) is 15.4. The minimum Gasteiger partial charge on any atom is -0.354 e. The van der Waals surface area contributed by atoms with E-state index in [0.717, 1.165) is 12.8 Å². The summed E-state index contributed by atoms with van der Waals surface area (Å²) < 4.78 is 0. The van der Waals surface area contributed by atoms with Gasteiger partial charge in [0.1, 0.15) is 11.5 Å². The standard InChI is InChI=1S/C14H19ClN4O2/c1-8(2)12-18-7-10(15)11(19-12)14(21)17-6-5-16-13(20)9-3-4-9/h7-9H,3-6H2,1-2H3,(H,16,20)(H,17,21). The van der Waals surface area contributed by atoms with Crippen LogP contribution >= 0.6 is 11.6 Å². The first-order chi connectivity index (χ1) is 9.99.